The van der Waals surface area contributed by atoms with Crippen LogP contribution in [-0.2, 0) is 11.8 Å². The first-order chi connectivity index (χ1) is 9.35. The minimum absolute atomic E-state index is 0.374. The van der Waals surface area contributed by atoms with Crippen molar-refractivity contribution in [3.8, 4) is 0 Å². The molecule has 0 aliphatic heterocycles. The van der Waals surface area contributed by atoms with E-state index in [9.17, 15) is 0 Å². The zero-order valence-electron chi connectivity index (χ0n) is 11.4. The van der Waals surface area contributed by atoms with Crippen molar-refractivity contribution in [2.75, 3.05) is 6.54 Å². The third-order valence-electron chi connectivity index (χ3n) is 4.27. The first-order valence-electron chi connectivity index (χ1n) is 7.15. The second-order valence-electron chi connectivity index (χ2n) is 5.47. The molecule has 19 heavy (non-hydrogen) atoms. The van der Waals surface area contributed by atoms with Crippen LogP contribution in [0.4, 0.5) is 0 Å². The van der Waals surface area contributed by atoms with Gasteiger partial charge in [0.2, 0.25) is 0 Å². The van der Waals surface area contributed by atoms with Crippen LogP contribution in [0.5, 0.6) is 0 Å². The summed E-state index contributed by atoms with van der Waals surface area (Å²) in [6.45, 7) is 3.26. The standard InChI is InChI=1S/C17H21NS/c1-2-18-16(12-14-8-11-19-13-14)17(9-10-17)15-6-4-3-5-7-15/h3-8,11,13,16,18H,2,9-10,12H2,1H3. The molecule has 1 heterocycles. The van der Waals surface area contributed by atoms with E-state index in [2.05, 4.69) is 59.4 Å². The number of hydrogen-bond acceptors (Lipinski definition) is 2. The summed E-state index contributed by atoms with van der Waals surface area (Å²) in [5, 5.41) is 8.19. The molecule has 3 rings (SSSR count). The summed E-state index contributed by atoms with van der Waals surface area (Å²) in [6.07, 6.45) is 3.78. The Balaban J connectivity index is 1.83. The predicted molar refractivity (Wildman–Crippen MR) is 82.8 cm³/mol. The van der Waals surface area contributed by atoms with E-state index in [1.807, 2.05) is 0 Å². The van der Waals surface area contributed by atoms with E-state index in [-0.39, 0.29) is 0 Å². The Bertz CT molecular complexity index is 499. The van der Waals surface area contributed by atoms with E-state index < -0.39 is 0 Å². The van der Waals surface area contributed by atoms with Gasteiger partial charge in [-0.1, -0.05) is 37.3 Å². The van der Waals surface area contributed by atoms with Gasteiger partial charge in [0, 0.05) is 11.5 Å². The summed E-state index contributed by atoms with van der Waals surface area (Å²) in [7, 11) is 0. The Morgan fingerprint density at radius 3 is 2.58 bits per heavy atom. The maximum atomic E-state index is 3.73. The zero-order valence-corrected chi connectivity index (χ0v) is 12.2. The molecule has 0 saturated heterocycles. The van der Waals surface area contributed by atoms with Gasteiger partial charge in [-0.2, -0.15) is 11.3 Å². The van der Waals surface area contributed by atoms with E-state index in [4.69, 9.17) is 0 Å². The molecule has 1 aliphatic rings. The van der Waals surface area contributed by atoms with Gasteiger partial charge in [-0.25, -0.2) is 0 Å². The van der Waals surface area contributed by atoms with Crippen molar-refractivity contribution in [2.24, 2.45) is 0 Å². The van der Waals surface area contributed by atoms with Crippen molar-refractivity contribution in [1.29, 1.82) is 0 Å². The second-order valence-corrected chi connectivity index (χ2v) is 6.25. The molecule has 0 bridgehead atoms. The third kappa shape index (κ3) is 2.60. The lowest BCUT2D eigenvalue weighted by molar-refractivity contribution is 0.422. The zero-order chi connectivity index (χ0) is 13.1. The lowest BCUT2D eigenvalue weighted by Gasteiger charge is -2.28. The van der Waals surface area contributed by atoms with Crippen LogP contribution < -0.4 is 5.32 Å². The van der Waals surface area contributed by atoms with Gasteiger partial charge in [-0.3, -0.25) is 0 Å². The van der Waals surface area contributed by atoms with Crippen LogP contribution in [0.2, 0.25) is 0 Å². The van der Waals surface area contributed by atoms with Crippen LogP contribution in [0.3, 0.4) is 0 Å². The van der Waals surface area contributed by atoms with E-state index in [0.29, 0.717) is 11.5 Å². The molecule has 0 amide bonds. The van der Waals surface area contributed by atoms with Gasteiger partial charge in [-0.15, -0.1) is 0 Å². The molecule has 1 N–H and O–H groups in total. The van der Waals surface area contributed by atoms with Crippen molar-refractivity contribution in [1.82, 2.24) is 5.32 Å². The van der Waals surface area contributed by atoms with Crippen LogP contribution in [-0.4, -0.2) is 12.6 Å². The van der Waals surface area contributed by atoms with E-state index in [1.54, 1.807) is 11.3 Å². The Labute approximate surface area is 119 Å². The summed E-state index contributed by atoms with van der Waals surface area (Å²) in [4.78, 5) is 0. The summed E-state index contributed by atoms with van der Waals surface area (Å²) < 4.78 is 0. The SMILES string of the molecule is CCNC(Cc1ccsc1)C1(c2ccccc2)CC1. The third-order valence-corrected chi connectivity index (χ3v) is 5.01. The van der Waals surface area contributed by atoms with Gasteiger partial charge >= 0.3 is 0 Å². The van der Waals surface area contributed by atoms with Gasteiger partial charge in [-0.05, 0) is 53.8 Å². The fourth-order valence-electron chi connectivity index (χ4n) is 3.10. The fraction of sp³-hybridized carbons (Fsp3) is 0.412. The molecular weight excluding hydrogens is 250 g/mol. The highest BCUT2D eigenvalue weighted by molar-refractivity contribution is 7.07. The highest BCUT2D eigenvalue weighted by atomic mass is 32.1. The van der Waals surface area contributed by atoms with Crippen LogP contribution in [0, 0.1) is 0 Å². The summed E-state index contributed by atoms with van der Waals surface area (Å²) in [6, 6.07) is 13.9. The van der Waals surface area contributed by atoms with Crippen LogP contribution in [0.1, 0.15) is 30.9 Å². The average molecular weight is 271 g/mol. The minimum Gasteiger partial charge on any atom is -0.313 e. The number of benzene rings is 1. The van der Waals surface area contributed by atoms with E-state index in [1.165, 1.54) is 24.0 Å². The molecule has 1 aromatic carbocycles. The van der Waals surface area contributed by atoms with E-state index in [0.717, 1.165) is 13.0 Å². The number of hydrogen-bond donors (Lipinski definition) is 1. The highest BCUT2D eigenvalue weighted by Crippen LogP contribution is 2.51. The molecule has 1 atom stereocenters. The Morgan fingerprint density at radius 2 is 2.00 bits per heavy atom. The Hall–Kier alpha value is -1.12. The Kier molecular flexibility index (Phi) is 3.72. The maximum Gasteiger partial charge on any atom is 0.0205 e. The van der Waals surface area contributed by atoms with Crippen molar-refractivity contribution in [3.63, 3.8) is 0 Å². The van der Waals surface area contributed by atoms with Crippen LogP contribution >= 0.6 is 11.3 Å². The topological polar surface area (TPSA) is 12.0 Å². The monoisotopic (exact) mass is 271 g/mol. The molecule has 1 unspecified atom stereocenters. The van der Waals surface area contributed by atoms with E-state index >= 15 is 0 Å². The molecular formula is C17H21NS. The minimum atomic E-state index is 0.374. The van der Waals surface area contributed by atoms with Crippen molar-refractivity contribution in [3.05, 3.63) is 58.3 Å². The van der Waals surface area contributed by atoms with Gasteiger partial charge < -0.3 is 5.32 Å². The lowest BCUT2D eigenvalue weighted by atomic mass is 9.85. The molecule has 2 aromatic rings. The van der Waals surface area contributed by atoms with Crippen LogP contribution in [0.25, 0.3) is 0 Å². The highest BCUT2D eigenvalue weighted by Gasteiger charge is 2.50. The smallest absolute Gasteiger partial charge is 0.0205 e. The molecule has 1 fully saturated rings. The van der Waals surface area contributed by atoms with Crippen molar-refractivity contribution < 1.29 is 0 Å². The first kappa shape index (κ1) is 12.9. The number of nitrogens with one attached hydrogen (secondary N) is 1. The molecule has 2 heteroatoms. The predicted octanol–water partition coefficient (Wildman–Crippen LogP) is 4.00. The molecule has 1 saturated carbocycles. The molecule has 100 valence electrons. The largest absolute Gasteiger partial charge is 0.313 e. The average Bonchev–Trinajstić information content (AvgIpc) is 3.11. The lowest BCUT2D eigenvalue weighted by Crippen LogP contribution is -2.41. The second kappa shape index (κ2) is 5.48. The molecule has 0 radical (unpaired) electrons. The molecule has 1 nitrogen and oxygen atoms in total. The molecule has 1 aliphatic carbocycles. The number of likely N-dealkylation sites (N-methyl/N-ethyl adjacent to an activating group) is 1. The van der Waals surface area contributed by atoms with Gasteiger partial charge in [0.05, 0.1) is 0 Å². The fourth-order valence-corrected chi connectivity index (χ4v) is 3.78. The summed E-state index contributed by atoms with van der Waals surface area (Å²) >= 11 is 1.80. The van der Waals surface area contributed by atoms with Crippen molar-refractivity contribution >= 4 is 11.3 Å². The Morgan fingerprint density at radius 1 is 1.21 bits per heavy atom. The van der Waals surface area contributed by atoms with Gasteiger partial charge in [0.25, 0.3) is 0 Å². The normalized spacial score (nSPS) is 18.2. The molecule has 0 spiro atoms. The first-order valence-corrected chi connectivity index (χ1v) is 8.09. The van der Waals surface area contributed by atoms with Crippen molar-refractivity contribution in [2.45, 2.75) is 37.6 Å². The van der Waals surface area contributed by atoms with Crippen LogP contribution in [0.15, 0.2) is 47.2 Å². The van der Waals surface area contributed by atoms with Gasteiger partial charge in [0.15, 0.2) is 0 Å². The van der Waals surface area contributed by atoms with Gasteiger partial charge in [0.1, 0.15) is 0 Å². The summed E-state index contributed by atoms with van der Waals surface area (Å²) in [5.74, 6) is 0. The quantitative estimate of drug-likeness (QED) is 0.837. The molecule has 1 aromatic heterocycles. The number of rotatable bonds is 6. The maximum absolute atomic E-state index is 3.73. The number of thiophene rings is 1. The summed E-state index contributed by atoms with van der Waals surface area (Å²) in [5.41, 5.74) is 3.36.